The number of nitrogens with zero attached hydrogens (tertiary/aromatic N) is 1. The van der Waals surface area contributed by atoms with E-state index >= 15 is 0 Å². The molecular weight excluding hydrogens is 416 g/mol. The van der Waals surface area contributed by atoms with Crippen LogP contribution in [0.15, 0.2) is 89.8 Å². The normalized spacial score (nSPS) is 10.9. The largest absolute Gasteiger partial charge is 0.462 e. The minimum Gasteiger partial charge on any atom is -0.462 e. The van der Waals surface area contributed by atoms with Crippen molar-refractivity contribution in [1.82, 2.24) is 0 Å². The molecule has 0 saturated carbocycles. The summed E-state index contributed by atoms with van der Waals surface area (Å²) in [7, 11) is -4.00. The van der Waals surface area contributed by atoms with Crippen LogP contribution in [0.5, 0.6) is 0 Å². The number of hydrogen-bond donors (Lipinski definition) is 1. The quantitative estimate of drug-likeness (QED) is 0.542. The Balaban J connectivity index is 1.90. The van der Waals surface area contributed by atoms with Crippen molar-refractivity contribution in [1.29, 1.82) is 0 Å². The van der Waals surface area contributed by atoms with Crippen LogP contribution in [0, 0.1) is 0 Å². The highest BCUT2D eigenvalue weighted by Crippen LogP contribution is 2.24. The molecule has 0 heterocycles. The fraction of sp³-hybridized carbons (Fsp3) is 0.130. The predicted molar refractivity (Wildman–Crippen MR) is 118 cm³/mol. The summed E-state index contributed by atoms with van der Waals surface area (Å²) in [4.78, 5) is 25.1. The van der Waals surface area contributed by atoms with E-state index in [1.807, 2.05) is 0 Å². The number of sulfonamides is 1. The molecule has 0 saturated heterocycles. The van der Waals surface area contributed by atoms with Gasteiger partial charge in [0.25, 0.3) is 10.0 Å². The molecule has 1 amide bonds. The van der Waals surface area contributed by atoms with Gasteiger partial charge >= 0.3 is 5.97 Å². The topological polar surface area (TPSA) is 92.8 Å². The van der Waals surface area contributed by atoms with Crippen molar-refractivity contribution < 1.29 is 22.7 Å². The maximum absolute atomic E-state index is 13.3. The van der Waals surface area contributed by atoms with Gasteiger partial charge in [0.15, 0.2) is 0 Å². The summed E-state index contributed by atoms with van der Waals surface area (Å²) in [5.41, 5.74) is 0.783. The predicted octanol–water partition coefficient (Wildman–Crippen LogP) is 3.70. The van der Waals surface area contributed by atoms with Gasteiger partial charge in [-0.15, -0.1) is 0 Å². The Labute approximate surface area is 181 Å². The van der Waals surface area contributed by atoms with Crippen LogP contribution in [-0.4, -0.2) is 33.4 Å². The van der Waals surface area contributed by atoms with Gasteiger partial charge in [-0.2, -0.15) is 0 Å². The molecule has 3 aromatic carbocycles. The van der Waals surface area contributed by atoms with Gasteiger partial charge < -0.3 is 10.1 Å². The number of nitrogens with one attached hydrogen (secondary N) is 1. The maximum Gasteiger partial charge on any atom is 0.340 e. The van der Waals surface area contributed by atoms with E-state index < -0.39 is 28.4 Å². The lowest BCUT2D eigenvalue weighted by Gasteiger charge is -2.24. The Hall–Kier alpha value is -3.65. The number of hydrogen-bond acceptors (Lipinski definition) is 5. The molecule has 0 unspecified atom stereocenters. The number of para-hydroxylation sites is 2. The van der Waals surface area contributed by atoms with Crippen LogP contribution in [0.1, 0.15) is 17.3 Å². The van der Waals surface area contributed by atoms with Crippen molar-refractivity contribution in [2.45, 2.75) is 11.8 Å². The summed E-state index contributed by atoms with van der Waals surface area (Å²) in [6.07, 6.45) is 0. The van der Waals surface area contributed by atoms with E-state index in [-0.39, 0.29) is 22.8 Å². The van der Waals surface area contributed by atoms with Gasteiger partial charge in [0.1, 0.15) is 6.54 Å². The van der Waals surface area contributed by atoms with Gasteiger partial charge in [-0.1, -0.05) is 48.5 Å². The molecule has 0 aliphatic rings. The lowest BCUT2D eigenvalue weighted by molar-refractivity contribution is -0.114. The Morgan fingerprint density at radius 3 is 2.10 bits per heavy atom. The zero-order chi connectivity index (χ0) is 22.3. The first-order chi connectivity index (χ1) is 14.9. The van der Waals surface area contributed by atoms with Crippen molar-refractivity contribution >= 4 is 33.3 Å². The van der Waals surface area contributed by atoms with E-state index in [9.17, 15) is 18.0 Å². The van der Waals surface area contributed by atoms with Gasteiger partial charge in [-0.3, -0.25) is 9.10 Å². The average molecular weight is 439 g/mol. The van der Waals surface area contributed by atoms with E-state index in [1.165, 1.54) is 18.2 Å². The van der Waals surface area contributed by atoms with Crippen LogP contribution in [0.3, 0.4) is 0 Å². The highest BCUT2D eigenvalue weighted by atomic mass is 32.2. The van der Waals surface area contributed by atoms with Gasteiger partial charge in [0, 0.05) is 0 Å². The van der Waals surface area contributed by atoms with Crippen LogP contribution in [0.25, 0.3) is 0 Å². The summed E-state index contributed by atoms with van der Waals surface area (Å²) >= 11 is 0. The highest BCUT2D eigenvalue weighted by molar-refractivity contribution is 7.92. The first-order valence-corrected chi connectivity index (χ1v) is 11.1. The molecule has 8 heteroatoms. The Morgan fingerprint density at radius 1 is 0.871 bits per heavy atom. The maximum atomic E-state index is 13.3. The minimum absolute atomic E-state index is 0.0681. The zero-order valence-electron chi connectivity index (χ0n) is 16.9. The van der Waals surface area contributed by atoms with Gasteiger partial charge in [0.2, 0.25) is 5.91 Å². The molecule has 0 bridgehead atoms. The Bertz CT molecular complexity index is 1150. The minimum atomic E-state index is -4.00. The second-order valence-corrected chi connectivity index (χ2v) is 8.34. The lowest BCUT2D eigenvalue weighted by atomic mass is 10.2. The summed E-state index contributed by atoms with van der Waals surface area (Å²) in [5.74, 6) is -1.17. The number of amides is 1. The second kappa shape index (κ2) is 9.90. The summed E-state index contributed by atoms with van der Waals surface area (Å²) in [5, 5.41) is 2.63. The number of benzene rings is 3. The first-order valence-electron chi connectivity index (χ1n) is 9.62. The molecule has 3 aromatic rings. The van der Waals surface area contributed by atoms with Crippen LogP contribution in [-0.2, 0) is 19.6 Å². The van der Waals surface area contributed by atoms with Crippen LogP contribution >= 0.6 is 0 Å². The summed E-state index contributed by atoms with van der Waals surface area (Å²) in [6.45, 7) is 1.40. The third kappa shape index (κ3) is 5.29. The molecule has 31 heavy (non-hydrogen) atoms. The van der Waals surface area contributed by atoms with E-state index in [4.69, 9.17) is 4.74 Å². The third-order valence-corrected chi connectivity index (χ3v) is 6.15. The molecule has 1 N–H and O–H groups in total. The van der Waals surface area contributed by atoms with Crippen molar-refractivity contribution in [2.75, 3.05) is 22.8 Å². The molecule has 0 spiro atoms. The fourth-order valence-corrected chi connectivity index (χ4v) is 4.37. The molecule has 0 aliphatic heterocycles. The monoisotopic (exact) mass is 438 g/mol. The van der Waals surface area contributed by atoms with Gasteiger partial charge in [-0.25, -0.2) is 13.2 Å². The average Bonchev–Trinajstić information content (AvgIpc) is 2.79. The molecular formula is C23H22N2O5S. The molecule has 7 nitrogen and oxygen atoms in total. The number of carbonyl (C=O) groups excluding carboxylic acids is 2. The van der Waals surface area contributed by atoms with E-state index in [0.717, 1.165) is 4.31 Å². The van der Waals surface area contributed by atoms with Crippen LogP contribution in [0.4, 0.5) is 11.4 Å². The standard InChI is InChI=1S/C23H22N2O5S/c1-2-30-23(27)20-15-9-10-16-21(20)24-22(26)17-25(18-11-5-3-6-12-18)31(28,29)19-13-7-4-8-14-19/h3-16H,2,17H2,1H3,(H,24,26). The number of esters is 1. The van der Waals surface area contributed by atoms with Crippen LogP contribution in [0.2, 0.25) is 0 Å². The zero-order valence-corrected chi connectivity index (χ0v) is 17.7. The van der Waals surface area contributed by atoms with Gasteiger partial charge in [0.05, 0.1) is 28.4 Å². The molecule has 3 rings (SSSR count). The molecule has 0 aromatic heterocycles. The van der Waals surface area contributed by atoms with E-state index in [0.29, 0.717) is 5.69 Å². The number of ether oxygens (including phenoxy) is 1. The Morgan fingerprint density at radius 2 is 1.45 bits per heavy atom. The smallest absolute Gasteiger partial charge is 0.340 e. The second-order valence-electron chi connectivity index (χ2n) is 6.47. The summed E-state index contributed by atoms with van der Waals surface area (Å²) in [6, 6.07) is 22.7. The number of rotatable bonds is 8. The molecule has 160 valence electrons. The van der Waals surface area contributed by atoms with E-state index in [2.05, 4.69) is 5.32 Å². The first kappa shape index (κ1) is 22.0. The van der Waals surface area contributed by atoms with E-state index in [1.54, 1.807) is 73.7 Å². The van der Waals surface area contributed by atoms with Crippen molar-refractivity contribution in [2.24, 2.45) is 0 Å². The van der Waals surface area contributed by atoms with Crippen molar-refractivity contribution in [3.63, 3.8) is 0 Å². The molecule has 0 aliphatic carbocycles. The molecule has 0 radical (unpaired) electrons. The summed E-state index contributed by atoms with van der Waals surface area (Å²) < 4.78 is 32.6. The van der Waals surface area contributed by atoms with Crippen LogP contribution < -0.4 is 9.62 Å². The van der Waals surface area contributed by atoms with Gasteiger partial charge in [-0.05, 0) is 43.3 Å². The molecule has 0 atom stereocenters. The Kier molecular flexibility index (Phi) is 7.04. The van der Waals surface area contributed by atoms with Crippen molar-refractivity contribution in [3.8, 4) is 0 Å². The number of anilines is 2. The van der Waals surface area contributed by atoms with Crippen molar-refractivity contribution in [3.05, 3.63) is 90.5 Å². The third-order valence-electron chi connectivity index (χ3n) is 4.36. The SMILES string of the molecule is CCOC(=O)c1ccccc1NC(=O)CN(c1ccccc1)S(=O)(=O)c1ccccc1. The number of carbonyl (C=O) groups is 2. The molecule has 0 fully saturated rings. The highest BCUT2D eigenvalue weighted by Gasteiger charge is 2.27. The fourth-order valence-electron chi connectivity index (χ4n) is 2.93. The lowest BCUT2D eigenvalue weighted by Crippen LogP contribution is -2.38.